The zero-order chi connectivity index (χ0) is 16.3. The first-order chi connectivity index (χ1) is 10.3. The number of carbonyl (C=O) groups is 1. The average molecular weight is 308 g/mol. The number of hydrogen-bond acceptors (Lipinski definition) is 4. The third kappa shape index (κ3) is 4.50. The smallest absolute Gasteiger partial charge is 0.410 e. The fourth-order valence-electron chi connectivity index (χ4n) is 2.93. The van der Waals surface area contributed by atoms with E-state index >= 15 is 0 Å². The van der Waals surface area contributed by atoms with E-state index in [4.69, 9.17) is 4.74 Å². The predicted octanol–water partition coefficient (Wildman–Crippen LogP) is 2.38. The minimum atomic E-state index is -0.461. The second-order valence-corrected chi connectivity index (χ2v) is 7.25. The number of amides is 1. The van der Waals surface area contributed by atoms with Crippen LogP contribution in [0.2, 0.25) is 0 Å². The molecule has 0 radical (unpaired) electrons. The molecule has 1 fully saturated rings. The molecule has 5 heteroatoms. The van der Waals surface area contributed by atoms with Crippen molar-refractivity contribution in [2.75, 3.05) is 26.7 Å². The second-order valence-electron chi connectivity index (χ2n) is 7.25. The molecule has 2 rings (SSSR count). The molecule has 124 valence electrons. The summed E-state index contributed by atoms with van der Waals surface area (Å²) in [6.07, 6.45) is 6.92. The molecule has 0 aromatic carbocycles. The van der Waals surface area contributed by atoms with Crippen molar-refractivity contribution in [3.8, 4) is 0 Å². The van der Waals surface area contributed by atoms with Gasteiger partial charge in [-0.25, -0.2) is 4.79 Å². The van der Waals surface area contributed by atoms with Gasteiger partial charge in [0, 0.05) is 26.7 Å². The van der Waals surface area contributed by atoms with Gasteiger partial charge >= 0.3 is 6.09 Å². The van der Waals surface area contributed by atoms with E-state index in [1.54, 1.807) is 4.90 Å². The van der Waals surface area contributed by atoms with E-state index in [-0.39, 0.29) is 12.0 Å². The van der Waals surface area contributed by atoms with Crippen molar-refractivity contribution in [1.82, 2.24) is 9.80 Å². The van der Waals surface area contributed by atoms with Gasteiger partial charge in [-0.3, -0.25) is 0 Å². The number of carbonyl (C=O) groups excluding carboxylic acids is 1. The predicted molar refractivity (Wildman–Crippen MR) is 86.4 cm³/mol. The number of rotatable bonds is 2. The molecule has 0 aromatic rings. The normalized spacial score (nSPS) is 21.6. The van der Waals surface area contributed by atoms with Crippen molar-refractivity contribution in [1.29, 1.82) is 0 Å². The number of hydrogen-bond donors (Lipinski definition) is 1. The van der Waals surface area contributed by atoms with Crippen LogP contribution in [0.1, 0.15) is 33.6 Å². The fourth-order valence-corrected chi connectivity index (χ4v) is 2.93. The van der Waals surface area contributed by atoms with Gasteiger partial charge < -0.3 is 19.6 Å². The van der Waals surface area contributed by atoms with E-state index in [0.29, 0.717) is 13.1 Å². The van der Waals surface area contributed by atoms with E-state index in [0.717, 1.165) is 25.0 Å². The standard InChI is InChI=1S/C17H28N2O3/c1-17(2,3)22-16(21)19-10-7-13(8-11-19)15(20)14-6-5-9-18(4)12-14/h5-6,9,13,15,20H,7-8,10-12H2,1-4H3. The number of likely N-dealkylation sites (tertiary alicyclic amines) is 1. The van der Waals surface area contributed by atoms with Gasteiger partial charge in [-0.2, -0.15) is 0 Å². The first kappa shape index (κ1) is 16.9. The number of aliphatic hydroxyl groups is 1. The lowest BCUT2D eigenvalue weighted by atomic mass is 9.86. The lowest BCUT2D eigenvalue weighted by molar-refractivity contribution is 0.0111. The molecule has 1 atom stereocenters. The Labute approximate surface area is 133 Å². The van der Waals surface area contributed by atoms with Crippen molar-refractivity contribution in [3.63, 3.8) is 0 Å². The second kappa shape index (κ2) is 6.73. The summed E-state index contributed by atoms with van der Waals surface area (Å²) in [4.78, 5) is 15.9. The molecule has 1 N–H and O–H groups in total. The van der Waals surface area contributed by atoms with Gasteiger partial charge in [-0.15, -0.1) is 0 Å². The van der Waals surface area contributed by atoms with Gasteiger partial charge in [0.2, 0.25) is 0 Å². The zero-order valence-corrected chi connectivity index (χ0v) is 14.1. The highest BCUT2D eigenvalue weighted by atomic mass is 16.6. The maximum absolute atomic E-state index is 12.0. The van der Waals surface area contributed by atoms with E-state index in [9.17, 15) is 9.90 Å². The summed E-state index contributed by atoms with van der Waals surface area (Å²) < 4.78 is 5.40. The van der Waals surface area contributed by atoms with Crippen molar-refractivity contribution in [2.24, 2.45) is 5.92 Å². The Kier molecular flexibility index (Phi) is 5.16. The minimum absolute atomic E-state index is 0.213. The number of aliphatic hydroxyl groups excluding tert-OH is 1. The molecular weight excluding hydrogens is 280 g/mol. The minimum Gasteiger partial charge on any atom is -0.444 e. The molecule has 2 heterocycles. The quantitative estimate of drug-likeness (QED) is 0.851. The van der Waals surface area contributed by atoms with Crippen molar-refractivity contribution in [2.45, 2.75) is 45.3 Å². The molecule has 0 aromatic heterocycles. The lowest BCUT2D eigenvalue weighted by Crippen LogP contribution is -2.44. The number of likely N-dealkylation sites (N-methyl/N-ethyl adjacent to an activating group) is 1. The van der Waals surface area contributed by atoms with E-state index < -0.39 is 11.7 Å². The molecule has 2 aliphatic rings. The van der Waals surface area contributed by atoms with Crippen LogP contribution in [0.5, 0.6) is 0 Å². The van der Waals surface area contributed by atoms with Crippen molar-refractivity contribution < 1.29 is 14.6 Å². The summed E-state index contributed by atoms with van der Waals surface area (Å²) in [7, 11) is 2.00. The molecule has 0 aliphatic carbocycles. The van der Waals surface area contributed by atoms with Gasteiger partial charge in [0.15, 0.2) is 0 Å². The molecule has 0 saturated carbocycles. The Hall–Kier alpha value is -1.49. The number of allylic oxidation sites excluding steroid dienone is 2. The Morgan fingerprint density at radius 3 is 2.55 bits per heavy atom. The number of nitrogens with zero attached hydrogens (tertiary/aromatic N) is 2. The lowest BCUT2D eigenvalue weighted by Gasteiger charge is -2.36. The van der Waals surface area contributed by atoms with E-state index in [2.05, 4.69) is 4.90 Å². The van der Waals surface area contributed by atoms with Crippen LogP contribution in [-0.2, 0) is 4.74 Å². The van der Waals surface area contributed by atoms with Crippen LogP contribution in [-0.4, -0.2) is 59.4 Å². The molecule has 22 heavy (non-hydrogen) atoms. The third-order valence-corrected chi connectivity index (χ3v) is 4.10. The Balaban J connectivity index is 1.85. The van der Waals surface area contributed by atoms with Gasteiger partial charge in [0.05, 0.1) is 6.10 Å². The van der Waals surface area contributed by atoms with Gasteiger partial charge in [-0.05, 0) is 57.4 Å². The SMILES string of the molecule is CN1C=CC=C(C(O)C2CCN(C(=O)OC(C)(C)C)CC2)C1. The molecule has 0 bridgehead atoms. The summed E-state index contributed by atoms with van der Waals surface area (Å²) >= 11 is 0. The van der Waals surface area contributed by atoms with Crippen LogP contribution in [0.3, 0.4) is 0 Å². The summed E-state index contributed by atoms with van der Waals surface area (Å²) in [6.45, 7) is 7.69. The van der Waals surface area contributed by atoms with Gasteiger partial charge in [0.1, 0.15) is 5.60 Å². The monoisotopic (exact) mass is 308 g/mol. The molecule has 2 aliphatic heterocycles. The fraction of sp³-hybridized carbons (Fsp3) is 0.706. The van der Waals surface area contributed by atoms with Crippen LogP contribution in [0.25, 0.3) is 0 Å². The van der Waals surface area contributed by atoms with Crippen LogP contribution >= 0.6 is 0 Å². The Morgan fingerprint density at radius 1 is 1.36 bits per heavy atom. The van der Waals surface area contributed by atoms with Crippen LogP contribution in [0.4, 0.5) is 4.79 Å². The summed E-state index contributed by atoms with van der Waals surface area (Å²) in [5.74, 6) is 0.213. The third-order valence-electron chi connectivity index (χ3n) is 4.10. The highest BCUT2D eigenvalue weighted by Crippen LogP contribution is 2.27. The van der Waals surface area contributed by atoms with Crippen LogP contribution < -0.4 is 0 Å². The Bertz CT molecular complexity index is 457. The first-order valence-corrected chi connectivity index (χ1v) is 8.00. The topological polar surface area (TPSA) is 53.0 Å². The van der Waals surface area contributed by atoms with E-state index in [1.165, 1.54) is 0 Å². The molecule has 1 unspecified atom stereocenters. The van der Waals surface area contributed by atoms with Crippen molar-refractivity contribution >= 4 is 6.09 Å². The Morgan fingerprint density at radius 2 is 2.00 bits per heavy atom. The first-order valence-electron chi connectivity index (χ1n) is 8.00. The van der Waals surface area contributed by atoms with Crippen LogP contribution in [0, 0.1) is 5.92 Å². The number of ether oxygens (including phenoxy) is 1. The highest BCUT2D eigenvalue weighted by Gasteiger charge is 2.31. The summed E-state index contributed by atoms with van der Waals surface area (Å²) in [5.41, 5.74) is 0.595. The molecule has 5 nitrogen and oxygen atoms in total. The van der Waals surface area contributed by atoms with Crippen molar-refractivity contribution in [3.05, 3.63) is 23.9 Å². The van der Waals surface area contributed by atoms with Gasteiger partial charge in [-0.1, -0.05) is 6.08 Å². The zero-order valence-electron chi connectivity index (χ0n) is 14.1. The average Bonchev–Trinajstić information content (AvgIpc) is 2.45. The molecular formula is C17H28N2O3. The maximum Gasteiger partial charge on any atom is 0.410 e. The highest BCUT2D eigenvalue weighted by molar-refractivity contribution is 5.68. The summed E-state index contributed by atoms with van der Waals surface area (Å²) in [5, 5.41) is 10.6. The molecule has 0 spiro atoms. The maximum atomic E-state index is 12.0. The largest absolute Gasteiger partial charge is 0.444 e. The van der Waals surface area contributed by atoms with Crippen LogP contribution in [0.15, 0.2) is 23.9 Å². The number of piperidine rings is 1. The summed E-state index contributed by atoms with van der Waals surface area (Å²) in [6, 6.07) is 0. The van der Waals surface area contributed by atoms with E-state index in [1.807, 2.05) is 46.2 Å². The molecule has 1 saturated heterocycles. The van der Waals surface area contributed by atoms with Gasteiger partial charge in [0.25, 0.3) is 0 Å². The molecule has 1 amide bonds.